The van der Waals surface area contributed by atoms with Gasteiger partial charge in [-0.1, -0.05) is 78.3 Å². The van der Waals surface area contributed by atoms with Gasteiger partial charge in [0, 0.05) is 16.1 Å². The molecule has 26 heavy (non-hydrogen) atoms. The first-order valence-electron chi connectivity index (χ1n) is 8.60. The van der Waals surface area contributed by atoms with E-state index in [9.17, 15) is 0 Å². The van der Waals surface area contributed by atoms with Gasteiger partial charge in [-0.05, 0) is 47.9 Å². The second-order valence-corrected chi connectivity index (χ2v) is 6.75. The highest BCUT2D eigenvalue weighted by atomic mass is 35.5. The molecule has 4 aromatic rings. The standard InChI is InChI=1S/C24H18ClN/c1-17-8-5-6-13-22(17)24-16-20(19-11-7-12-21(25)14-19)15-23(26-24)18-9-3-2-4-10-18/h2-16H,1H3. The summed E-state index contributed by atoms with van der Waals surface area (Å²) in [5, 5.41) is 0.734. The van der Waals surface area contributed by atoms with Gasteiger partial charge in [0.15, 0.2) is 0 Å². The molecule has 2 heteroatoms. The van der Waals surface area contributed by atoms with Gasteiger partial charge in [-0.3, -0.25) is 0 Å². The minimum absolute atomic E-state index is 0.734. The smallest absolute Gasteiger partial charge is 0.0718 e. The Hall–Kier alpha value is -2.90. The molecule has 0 unspecified atom stereocenters. The molecule has 0 saturated heterocycles. The number of rotatable bonds is 3. The van der Waals surface area contributed by atoms with Crippen molar-refractivity contribution in [2.24, 2.45) is 0 Å². The highest BCUT2D eigenvalue weighted by molar-refractivity contribution is 6.30. The van der Waals surface area contributed by atoms with Gasteiger partial charge in [-0.2, -0.15) is 0 Å². The topological polar surface area (TPSA) is 12.9 Å². The quantitative estimate of drug-likeness (QED) is 0.384. The van der Waals surface area contributed by atoms with Gasteiger partial charge in [-0.25, -0.2) is 4.98 Å². The third kappa shape index (κ3) is 3.40. The lowest BCUT2D eigenvalue weighted by atomic mass is 9.98. The van der Waals surface area contributed by atoms with Crippen molar-refractivity contribution in [3.05, 3.63) is 102 Å². The van der Waals surface area contributed by atoms with E-state index in [1.165, 1.54) is 5.56 Å². The van der Waals surface area contributed by atoms with Crippen LogP contribution in [0.2, 0.25) is 5.02 Å². The summed E-state index contributed by atoms with van der Waals surface area (Å²) in [7, 11) is 0. The fraction of sp³-hybridized carbons (Fsp3) is 0.0417. The third-order valence-corrected chi connectivity index (χ3v) is 4.71. The van der Waals surface area contributed by atoms with Crippen LogP contribution in [0.1, 0.15) is 5.56 Å². The highest BCUT2D eigenvalue weighted by Gasteiger charge is 2.10. The van der Waals surface area contributed by atoms with E-state index in [0.29, 0.717) is 0 Å². The molecule has 0 N–H and O–H groups in total. The van der Waals surface area contributed by atoms with Gasteiger partial charge in [0.2, 0.25) is 0 Å². The molecule has 0 saturated carbocycles. The van der Waals surface area contributed by atoms with Crippen LogP contribution >= 0.6 is 11.6 Å². The molecule has 0 atom stereocenters. The van der Waals surface area contributed by atoms with Gasteiger partial charge < -0.3 is 0 Å². The number of pyridine rings is 1. The first-order chi connectivity index (χ1) is 12.7. The van der Waals surface area contributed by atoms with E-state index in [-0.39, 0.29) is 0 Å². The lowest BCUT2D eigenvalue weighted by molar-refractivity contribution is 1.30. The zero-order valence-electron chi connectivity index (χ0n) is 14.5. The van der Waals surface area contributed by atoms with E-state index in [4.69, 9.17) is 16.6 Å². The molecule has 3 aromatic carbocycles. The fourth-order valence-electron chi connectivity index (χ4n) is 3.12. The monoisotopic (exact) mass is 355 g/mol. The van der Waals surface area contributed by atoms with Crippen LogP contribution in [0.5, 0.6) is 0 Å². The minimum atomic E-state index is 0.734. The molecule has 0 amide bonds. The molecule has 0 fully saturated rings. The highest BCUT2D eigenvalue weighted by Crippen LogP contribution is 2.32. The molecule has 0 radical (unpaired) electrons. The summed E-state index contributed by atoms with van der Waals surface area (Å²) < 4.78 is 0. The summed E-state index contributed by atoms with van der Waals surface area (Å²) in [6, 6.07) is 30.8. The summed E-state index contributed by atoms with van der Waals surface area (Å²) in [5.41, 5.74) is 7.59. The van der Waals surface area contributed by atoms with Crippen molar-refractivity contribution in [1.82, 2.24) is 4.98 Å². The van der Waals surface area contributed by atoms with Crippen molar-refractivity contribution in [1.29, 1.82) is 0 Å². The molecule has 1 aromatic heterocycles. The number of aryl methyl sites for hydroxylation is 1. The van der Waals surface area contributed by atoms with E-state index in [0.717, 1.165) is 38.7 Å². The lowest BCUT2D eigenvalue weighted by Gasteiger charge is -2.12. The summed E-state index contributed by atoms with van der Waals surface area (Å²) >= 11 is 6.22. The zero-order valence-corrected chi connectivity index (χ0v) is 15.2. The normalized spacial score (nSPS) is 10.7. The van der Waals surface area contributed by atoms with Crippen molar-refractivity contribution in [2.45, 2.75) is 6.92 Å². The van der Waals surface area contributed by atoms with Gasteiger partial charge in [0.1, 0.15) is 0 Å². The van der Waals surface area contributed by atoms with Gasteiger partial charge in [0.05, 0.1) is 11.4 Å². The van der Waals surface area contributed by atoms with E-state index in [1.54, 1.807) is 0 Å². The Morgan fingerprint density at radius 3 is 2.08 bits per heavy atom. The van der Waals surface area contributed by atoms with Crippen molar-refractivity contribution in [3.63, 3.8) is 0 Å². The maximum Gasteiger partial charge on any atom is 0.0718 e. The zero-order chi connectivity index (χ0) is 17.9. The van der Waals surface area contributed by atoms with E-state index in [2.05, 4.69) is 61.5 Å². The predicted octanol–water partition coefficient (Wildman–Crippen LogP) is 7.04. The maximum absolute atomic E-state index is 6.22. The second-order valence-electron chi connectivity index (χ2n) is 6.32. The molecule has 0 aliphatic rings. The molecule has 1 nitrogen and oxygen atoms in total. The first-order valence-corrected chi connectivity index (χ1v) is 8.98. The lowest BCUT2D eigenvalue weighted by Crippen LogP contribution is -1.92. The van der Waals surface area contributed by atoms with E-state index >= 15 is 0 Å². The van der Waals surface area contributed by atoms with Crippen molar-refractivity contribution < 1.29 is 0 Å². The van der Waals surface area contributed by atoms with Crippen LogP contribution in [0.3, 0.4) is 0 Å². The molecular formula is C24H18ClN. The SMILES string of the molecule is Cc1ccccc1-c1cc(-c2cccc(Cl)c2)cc(-c2ccccc2)n1. The van der Waals surface area contributed by atoms with Crippen LogP contribution in [0.4, 0.5) is 0 Å². The number of hydrogen-bond donors (Lipinski definition) is 0. The Labute approximate surface area is 158 Å². The van der Waals surface area contributed by atoms with E-state index in [1.807, 2.05) is 36.4 Å². The first kappa shape index (κ1) is 16.6. The Kier molecular flexibility index (Phi) is 4.55. The molecule has 0 spiro atoms. The maximum atomic E-state index is 6.22. The molecule has 126 valence electrons. The third-order valence-electron chi connectivity index (χ3n) is 4.47. The molecule has 1 heterocycles. The molecule has 0 bridgehead atoms. The second kappa shape index (κ2) is 7.15. The van der Waals surface area contributed by atoms with Gasteiger partial charge >= 0.3 is 0 Å². The number of halogens is 1. The fourth-order valence-corrected chi connectivity index (χ4v) is 3.31. The van der Waals surface area contributed by atoms with E-state index < -0.39 is 0 Å². The van der Waals surface area contributed by atoms with Crippen molar-refractivity contribution in [3.8, 4) is 33.6 Å². The number of aromatic nitrogens is 1. The van der Waals surface area contributed by atoms with Crippen LogP contribution in [0, 0.1) is 6.92 Å². The summed E-state index contributed by atoms with van der Waals surface area (Å²) in [5.74, 6) is 0. The Morgan fingerprint density at radius 1 is 0.615 bits per heavy atom. The summed E-state index contributed by atoms with van der Waals surface area (Å²) in [6.07, 6.45) is 0. The molecule has 0 aliphatic heterocycles. The Morgan fingerprint density at radius 2 is 1.31 bits per heavy atom. The van der Waals surface area contributed by atoms with Gasteiger partial charge in [0.25, 0.3) is 0 Å². The van der Waals surface area contributed by atoms with Crippen LogP contribution in [0.25, 0.3) is 33.6 Å². The average molecular weight is 356 g/mol. The Bertz CT molecular complexity index is 1050. The molecule has 0 aliphatic carbocycles. The van der Waals surface area contributed by atoms with Crippen molar-refractivity contribution >= 4 is 11.6 Å². The van der Waals surface area contributed by atoms with Crippen molar-refractivity contribution in [2.75, 3.05) is 0 Å². The molecular weight excluding hydrogens is 338 g/mol. The van der Waals surface area contributed by atoms with Crippen LogP contribution < -0.4 is 0 Å². The minimum Gasteiger partial charge on any atom is -0.248 e. The Balaban J connectivity index is 1.95. The molecule has 4 rings (SSSR count). The number of nitrogens with zero attached hydrogens (tertiary/aromatic N) is 1. The average Bonchev–Trinajstić information content (AvgIpc) is 2.69. The number of benzene rings is 3. The van der Waals surface area contributed by atoms with Gasteiger partial charge in [-0.15, -0.1) is 0 Å². The van der Waals surface area contributed by atoms with Crippen LogP contribution in [-0.2, 0) is 0 Å². The predicted molar refractivity (Wildman–Crippen MR) is 110 cm³/mol. The number of hydrogen-bond acceptors (Lipinski definition) is 1. The van der Waals surface area contributed by atoms with Crippen LogP contribution in [-0.4, -0.2) is 4.98 Å². The van der Waals surface area contributed by atoms with Crippen LogP contribution in [0.15, 0.2) is 91.0 Å². The largest absolute Gasteiger partial charge is 0.248 e. The summed E-state index contributed by atoms with van der Waals surface area (Å²) in [4.78, 5) is 4.95. The summed E-state index contributed by atoms with van der Waals surface area (Å²) in [6.45, 7) is 2.12.